The van der Waals surface area contributed by atoms with Gasteiger partial charge in [0, 0.05) is 23.4 Å². The number of nitrogens with one attached hydrogen (secondary N) is 1. The van der Waals surface area contributed by atoms with E-state index in [9.17, 15) is 4.39 Å². The topological polar surface area (TPSA) is 61.9 Å². The van der Waals surface area contributed by atoms with E-state index in [1.54, 1.807) is 13.0 Å². The van der Waals surface area contributed by atoms with Crippen LogP contribution >= 0.6 is 0 Å². The van der Waals surface area contributed by atoms with Crippen molar-refractivity contribution >= 4 is 5.69 Å². The molecule has 0 bridgehead atoms. The van der Waals surface area contributed by atoms with Gasteiger partial charge in [-0.2, -0.15) is 5.26 Å². The first-order valence-corrected chi connectivity index (χ1v) is 5.88. The zero-order valence-corrected chi connectivity index (χ0v) is 11.0. The van der Waals surface area contributed by atoms with Crippen molar-refractivity contribution in [2.75, 3.05) is 5.32 Å². The molecule has 1 aromatic heterocycles. The van der Waals surface area contributed by atoms with Gasteiger partial charge in [0.1, 0.15) is 11.6 Å². The molecule has 0 spiro atoms. The zero-order valence-electron chi connectivity index (χ0n) is 11.0. The molecular formula is C14H14FN3O. The fourth-order valence-electron chi connectivity index (χ4n) is 1.86. The normalized spacial score (nSPS) is 10.3. The van der Waals surface area contributed by atoms with E-state index in [0.717, 1.165) is 17.0 Å². The van der Waals surface area contributed by atoms with E-state index in [2.05, 4.69) is 10.5 Å². The molecule has 4 nitrogen and oxygen atoms in total. The molecule has 0 atom stereocenters. The van der Waals surface area contributed by atoms with Crippen LogP contribution in [0, 0.1) is 37.9 Å². The van der Waals surface area contributed by atoms with Crippen LogP contribution < -0.4 is 5.32 Å². The second-order valence-corrected chi connectivity index (χ2v) is 4.40. The third kappa shape index (κ3) is 2.58. The zero-order chi connectivity index (χ0) is 14.0. The van der Waals surface area contributed by atoms with E-state index in [4.69, 9.17) is 9.78 Å². The molecule has 0 fully saturated rings. The number of rotatable bonds is 3. The largest absolute Gasteiger partial charge is 0.380 e. The lowest BCUT2D eigenvalue weighted by Crippen LogP contribution is -2.04. The highest BCUT2D eigenvalue weighted by Gasteiger charge is 2.11. The summed E-state index contributed by atoms with van der Waals surface area (Å²) >= 11 is 0. The predicted molar refractivity (Wildman–Crippen MR) is 69.2 cm³/mol. The molecule has 0 amide bonds. The minimum atomic E-state index is -0.389. The Kier molecular flexibility index (Phi) is 3.52. The van der Waals surface area contributed by atoms with Gasteiger partial charge in [-0.25, -0.2) is 4.39 Å². The van der Waals surface area contributed by atoms with E-state index in [0.29, 0.717) is 23.4 Å². The molecule has 2 aromatic rings. The monoisotopic (exact) mass is 259 g/mol. The number of nitriles is 1. The Morgan fingerprint density at radius 1 is 1.37 bits per heavy atom. The van der Waals surface area contributed by atoms with E-state index in [-0.39, 0.29) is 5.82 Å². The van der Waals surface area contributed by atoms with Gasteiger partial charge in [-0.3, -0.25) is 0 Å². The summed E-state index contributed by atoms with van der Waals surface area (Å²) in [5.41, 5.74) is 3.15. The Morgan fingerprint density at radius 2 is 2.11 bits per heavy atom. The van der Waals surface area contributed by atoms with Gasteiger partial charge in [0.15, 0.2) is 0 Å². The quantitative estimate of drug-likeness (QED) is 0.919. The standard InChI is InChI=1S/C14H14FN3O/c1-8-13(15)4-11(6-16)5-14(8)17-7-12-9(2)18-19-10(12)3/h4-5,17H,7H2,1-3H3. The van der Waals surface area contributed by atoms with Crippen LogP contribution in [0.25, 0.3) is 0 Å². The highest BCUT2D eigenvalue weighted by atomic mass is 19.1. The smallest absolute Gasteiger partial charge is 0.138 e. The summed E-state index contributed by atoms with van der Waals surface area (Å²) in [6.07, 6.45) is 0. The summed E-state index contributed by atoms with van der Waals surface area (Å²) in [5.74, 6) is 0.347. The third-order valence-corrected chi connectivity index (χ3v) is 3.11. The van der Waals surface area contributed by atoms with Gasteiger partial charge in [-0.15, -0.1) is 0 Å². The van der Waals surface area contributed by atoms with Crippen LogP contribution in [-0.2, 0) is 6.54 Å². The Hall–Kier alpha value is -2.35. The number of hydrogen-bond donors (Lipinski definition) is 1. The molecule has 0 unspecified atom stereocenters. The molecule has 0 aliphatic heterocycles. The lowest BCUT2D eigenvalue weighted by Gasteiger charge is -2.10. The van der Waals surface area contributed by atoms with Crippen LogP contribution in [0.2, 0.25) is 0 Å². The summed E-state index contributed by atoms with van der Waals surface area (Å²) in [4.78, 5) is 0. The molecular weight excluding hydrogens is 245 g/mol. The molecule has 2 rings (SSSR count). The van der Waals surface area contributed by atoms with Crippen LogP contribution in [0.5, 0.6) is 0 Å². The maximum absolute atomic E-state index is 13.6. The van der Waals surface area contributed by atoms with Gasteiger partial charge in [0.25, 0.3) is 0 Å². The van der Waals surface area contributed by atoms with Gasteiger partial charge in [0.05, 0.1) is 17.3 Å². The fourth-order valence-corrected chi connectivity index (χ4v) is 1.86. The second-order valence-electron chi connectivity index (χ2n) is 4.40. The Balaban J connectivity index is 2.25. The highest BCUT2D eigenvalue weighted by Crippen LogP contribution is 2.22. The molecule has 1 N–H and O–H groups in total. The van der Waals surface area contributed by atoms with Crippen molar-refractivity contribution in [1.82, 2.24) is 5.16 Å². The number of nitrogens with zero attached hydrogens (tertiary/aromatic N) is 2. The molecule has 0 radical (unpaired) electrons. The number of benzene rings is 1. The van der Waals surface area contributed by atoms with Crippen molar-refractivity contribution in [3.63, 3.8) is 0 Å². The SMILES string of the molecule is Cc1noc(C)c1CNc1cc(C#N)cc(F)c1C. The van der Waals surface area contributed by atoms with Crippen LogP contribution in [0.4, 0.5) is 10.1 Å². The van der Waals surface area contributed by atoms with E-state index in [1.165, 1.54) is 6.07 Å². The van der Waals surface area contributed by atoms with E-state index < -0.39 is 0 Å². The van der Waals surface area contributed by atoms with Crippen molar-refractivity contribution in [3.05, 3.63) is 46.1 Å². The van der Waals surface area contributed by atoms with Crippen LogP contribution in [-0.4, -0.2) is 5.16 Å². The number of hydrogen-bond acceptors (Lipinski definition) is 4. The summed E-state index contributed by atoms with van der Waals surface area (Å²) in [7, 11) is 0. The van der Waals surface area contributed by atoms with Gasteiger partial charge in [-0.1, -0.05) is 5.16 Å². The molecule has 0 saturated carbocycles. The van der Waals surface area contributed by atoms with E-state index >= 15 is 0 Å². The van der Waals surface area contributed by atoms with Crippen LogP contribution in [0.1, 0.15) is 28.1 Å². The van der Waals surface area contributed by atoms with Gasteiger partial charge in [0.2, 0.25) is 0 Å². The molecule has 1 aromatic carbocycles. The minimum absolute atomic E-state index is 0.296. The number of aromatic nitrogens is 1. The Morgan fingerprint density at radius 3 is 2.68 bits per heavy atom. The summed E-state index contributed by atoms with van der Waals surface area (Å²) < 4.78 is 18.7. The number of halogens is 1. The minimum Gasteiger partial charge on any atom is -0.380 e. The fraction of sp³-hybridized carbons (Fsp3) is 0.286. The molecule has 0 saturated heterocycles. The first kappa shape index (κ1) is 13.1. The first-order valence-electron chi connectivity index (χ1n) is 5.88. The summed E-state index contributed by atoms with van der Waals surface area (Å²) in [5, 5.41) is 15.8. The third-order valence-electron chi connectivity index (χ3n) is 3.11. The summed E-state index contributed by atoms with van der Waals surface area (Å²) in [6.45, 7) is 5.84. The first-order chi connectivity index (χ1) is 9.02. The van der Waals surface area contributed by atoms with Crippen LogP contribution in [0.15, 0.2) is 16.7 Å². The lowest BCUT2D eigenvalue weighted by molar-refractivity contribution is 0.392. The van der Waals surface area contributed by atoms with Crippen molar-refractivity contribution in [2.45, 2.75) is 27.3 Å². The van der Waals surface area contributed by atoms with Crippen molar-refractivity contribution in [2.24, 2.45) is 0 Å². The van der Waals surface area contributed by atoms with Gasteiger partial charge < -0.3 is 9.84 Å². The van der Waals surface area contributed by atoms with Gasteiger partial charge >= 0.3 is 0 Å². The average molecular weight is 259 g/mol. The maximum Gasteiger partial charge on any atom is 0.138 e. The molecule has 0 aliphatic carbocycles. The predicted octanol–water partition coefficient (Wildman–Crippen LogP) is 3.22. The number of anilines is 1. The average Bonchev–Trinajstić information content (AvgIpc) is 2.71. The van der Waals surface area contributed by atoms with Crippen molar-refractivity contribution < 1.29 is 8.91 Å². The Bertz CT molecular complexity index is 636. The molecule has 0 aliphatic rings. The van der Waals surface area contributed by atoms with Crippen molar-refractivity contribution in [1.29, 1.82) is 5.26 Å². The van der Waals surface area contributed by atoms with Gasteiger partial charge in [-0.05, 0) is 32.9 Å². The molecule has 98 valence electrons. The number of aryl methyl sites for hydroxylation is 2. The second kappa shape index (κ2) is 5.11. The molecule has 5 heteroatoms. The lowest BCUT2D eigenvalue weighted by atomic mass is 10.1. The van der Waals surface area contributed by atoms with Crippen molar-refractivity contribution in [3.8, 4) is 6.07 Å². The summed E-state index contributed by atoms with van der Waals surface area (Å²) in [6, 6.07) is 4.81. The Labute approximate surface area is 110 Å². The highest BCUT2D eigenvalue weighted by molar-refractivity contribution is 5.56. The molecule has 1 heterocycles. The molecule has 19 heavy (non-hydrogen) atoms. The van der Waals surface area contributed by atoms with E-state index in [1.807, 2.05) is 19.9 Å². The maximum atomic E-state index is 13.6. The van der Waals surface area contributed by atoms with Crippen LogP contribution in [0.3, 0.4) is 0 Å².